The van der Waals surface area contributed by atoms with E-state index in [2.05, 4.69) is 4.98 Å². The number of halogens is 2. The molecule has 1 aromatic rings. The average molecular weight is 285 g/mol. The van der Waals surface area contributed by atoms with Gasteiger partial charge in [-0.05, 0) is 39.3 Å². The molecule has 1 N–H and O–H groups in total. The highest BCUT2D eigenvalue weighted by Crippen LogP contribution is 2.36. The maximum absolute atomic E-state index is 12.4. The third-order valence-electron chi connectivity index (χ3n) is 3.82. The monoisotopic (exact) mass is 285 g/mol. The lowest BCUT2D eigenvalue weighted by molar-refractivity contribution is 0.00578. The summed E-state index contributed by atoms with van der Waals surface area (Å²) in [5.74, 6) is 0. The fraction of sp³-hybridized carbons (Fsp3) is 0.615. The Bertz CT molecular complexity index is 541. The second kappa shape index (κ2) is 4.97. The third-order valence-corrected chi connectivity index (χ3v) is 3.82. The Kier molecular flexibility index (Phi) is 3.77. The van der Waals surface area contributed by atoms with Crippen LogP contribution in [-0.2, 0) is 15.7 Å². The van der Waals surface area contributed by atoms with E-state index >= 15 is 0 Å². The number of hydrogen-bond acceptors (Lipinski definition) is 3. The van der Waals surface area contributed by atoms with Gasteiger partial charge in [0.2, 0.25) is 12.0 Å². The zero-order valence-corrected chi connectivity index (χ0v) is 12.0. The van der Waals surface area contributed by atoms with Crippen molar-refractivity contribution in [3.8, 4) is 0 Å². The van der Waals surface area contributed by atoms with E-state index in [0.29, 0.717) is 5.59 Å². The summed E-state index contributed by atoms with van der Waals surface area (Å²) in [6, 6.07) is 2.66. The Balaban J connectivity index is 2.31. The average Bonchev–Trinajstić information content (AvgIpc) is 2.46. The maximum atomic E-state index is 12.4. The van der Waals surface area contributed by atoms with Crippen LogP contribution in [-0.4, -0.2) is 29.7 Å². The molecule has 1 saturated heterocycles. The van der Waals surface area contributed by atoms with Crippen LogP contribution in [0.3, 0.4) is 0 Å². The smallest absolute Gasteiger partial charge is 0.398 e. The molecule has 1 fully saturated rings. The number of aromatic nitrogens is 1. The normalized spacial score (nSPS) is 20.6. The third kappa shape index (κ3) is 2.93. The van der Waals surface area contributed by atoms with Crippen molar-refractivity contribution < 1.29 is 18.1 Å². The highest BCUT2D eigenvalue weighted by atomic mass is 19.3. The minimum absolute atomic E-state index is 0.272. The Morgan fingerprint density at radius 3 is 2.25 bits per heavy atom. The predicted octanol–water partition coefficient (Wildman–Crippen LogP) is 1.48. The van der Waals surface area contributed by atoms with Crippen LogP contribution in [0.25, 0.3) is 0 Å². The summed E-state index contributed by atoms with van der Waals surface area (Å²) >= 11 is 0. The van der Waals surface area contributed by atoms with Gasteiger partial charge in [-0.25, -0.2) is 8.78 Å². The fourth-order valence-corrected chi connectivity index (χ4v) is 2.02. The fourth-order valence-electron chi connectivity index (χ4n) is 2.02. The molecule has 110 valence electrons. The molecule has 0 unspecified atom stereocenters. The van der Waals surface area contributed by atoms with Gasteiger partial charge in [-0.3, -0.25) is 4.79 Å². The lowest BCUT2D eigenvalue weighted by Gasteiger charge is -2.32. The summed E-state index contributed by atoms with van der Waals surface area (Å²) in [6.07, 6.45) is -2.96. The Labute approximate surface area is 116 Å². The van der Waals surface area contributed by atoms with Gasteiger partial charge in [0.05, 0.1) is 11.2 Å². The van der Waals surface area contributed by atoms with Gasteiger partial charge in [-0.15, -0.1) is 0 Å². The second-order valence-corrected chi connectivity index (χ2v) is 5.99. The number of rotatable bonds is 3. The molecule has 7 heteroatoms. The highest BCUT2D eigenvalue weighted by molar-refractivity contribution is 6.61. The van der Waals surface area contributed by atoms with E-state index in [9.17, 15) is 13.6 Å². The summed E-state index contributed by atoms with van der Waals surface area (Å²) in [6.45, 7) is 7.53. The molecule has 1 aliphatic rings. The van der Waals surface area contributed by atoms with E-state index in [1.165, 1.54) is 12.1 Å². The van der Waals surface area contributed by atoms with E-state index in [0.717, 1.165) is 0 Å². The van der Waals surface area contributed by atoms with E-state index in [1.807, 2.05) is 27.7 Å². The molecule has 0 saturated carbocycles. The molecule has 0 spiro atoms. The van der Waals surface area contributed by atoms with Crippen molar-refractivity contribution in [3.05, 3.63) is 28.0 Å². The van der Waals surface area contributed by atoms with Gasteiger partial charge >= 0.3 is 7.12 Å². The van der Waals surface area contributed by atoms with Crippen LogP contribution in [0.1, 0.15) is 33.3 Å². The van der Waals surface area contributed by atoms with Crippen molar-refractivity contribution in [1.29, 1.82) is 0 Å². The second-order valence-electron chi connectivity index (χ2n) is 5.99. The van der Waals surface area contributed by atoms with Crippen molar-refractivity contribution in [2.24, 2.45) is 0 Å². The molecule has 2 rings (SSSR count). The van der Waals surface area contributed by atoms with Gasteiger partial charge in [-0.1, -0.05) is 0 Å². The molecule has 0 atom stereocenters. The summed E-state index contributed by atoms with van der Waals surface area (Å²) in [5, 5.41) is 0. The topological polar surface area (TPSA) is 51.3 Å². The molecule has 0 amide bonds. The van der Waals surface area contributed by atoms with Gasteiger partial charge in [-0.2, -0.15) is 0 Å². The van der Waals surface area contributed by atoms with E-state index < -0.39 is 36.7 Å². The van der Waals surface area contributed by atoms with Crippen LogP contribution in [0.2, 0.25) is 0 Å². The number of pyridine rings is 1. The first kappa shape index (κ1) is 15.2. The van der Waals surface area contributed by atoms with Gasteiger partial charge in [0.1, 0.15) is 0 Å². The van der Waals surface area contributed by atoms with Crippen LogP contribution in [0, 0.1) is 0 Å². The van der Waals surface area contributed by atoms with E-state index in [4.69, 9.17) is 9.31 Å². The molecule has 1 aromatic heterocycles. The van der Waals surface area contributed by atoms with Crippen molar-refractivity contribution >= 4 is 12.7 Å². The van der Waals surface area contributed by atoms with Crippen molar-refractivity contribution in [2.45, 2.75) is 51.7 Å². The Morgan fingerprint density at radius 1 is 1.20 bits per heavy atom. The molecular formula is C13H18BF2NO3. The number of hydrogen-bond donors (Lipinski definition) is 1. The molecule has 0 bridgehead atoms. The molecule has 0 radical (unpaired) electrons. The predicted molar refractivity (Wildman–Crippen MR) is 72.5 cm³/mol. The van der Waals surface area contributed by atoms with Crippen molar-refractivity contribution in [2.75, 3.05) is 0 Å². The first-order valence-corrected chi connectivity index (χ1v) is 6.48. The number of H-pyrrole nitrogens is 1. The standard InChI is InChI=1S/C13H18BF2NO3/c1-12(2)13(3,4)20-14(19-12)9-5-8(6-10(15)16)7-11(18)17-9/h5,7,10H,6H2,1-4H3,(H,17,18). The van der Waals surface area contributed by atoms with Gasteiger partial charge in [0.25, 0.3) is 0 Å². The lowest BCUT2D eigenvalue weighted by atomic mass is 9.83. The zero-order valence-electron chi connectivity index (χ0n) is 12.0. The van der Waals surface area contributed by atoms with Gasteiger partial charge in [0.15, 0.2) is 0 Å². The minimum Gasteiger partial charge on any atom is -0.398 e. The quantitative estimate of drug-likeness (QED) is 0.856. The van der Waals surface area contributed by atoms with Gasteiger partial charge < -0.3 is 14.3 Å². The van der Waals surface area contributed by atoms with Crippen LogP contribution in [0.4, 0.5) is 8.78 Å². The molecule has 0 aromatic carbocycles. The molecule has 4 nitrogen and oxygen atoms in total. The number of alkyl halides is 2. The zero-order chi connectivity index (χ0) is 15.1. The minimum atomic E-state index is -2.50. The summed E-state index contributed by atoms with van der Waals surface area (Å²) in [7, 11) is -0.759. The van der Waals surface area contributed by atoms with Crippen LogP contribution in [0.5, 0.6) is 0 Å². The Morgan fingerprint density at radius 2 is 1.75 bits per heavy atom. The summed E-state index contributed by atoms with van der Waals surface area (Å²) < 4.78 is 36.4. The molecule has 2 heterocycles. The largest absolute Gasteiger partial charge is 0.512 e. The number of nitrogens with one attached hydrogen (secondary N) is 1. The summed E-state index contributed by atoms with van der Waals surface area (Å²) in [5.41, 5.74) is -0.895. The first-order valence-electron chi connectivity index (χ1n) is 6.48. The van der Waals surface area contributed by atoms with E-state index in [1.54, 1.807) is 0 Å². The maximum Gasteiger partial charge on any atom is 0.512 e. The molecule has 20 heavy (non-hydrogen) atoms. The van der Waals surface area contributed by atoms with Crippen LogP contribution < -0.4 is 11.2 Å². The van der Waals surface area contributed by atoms with Crippen molar-refractivity contribution in [1.82, 2.24) is 4.98 Å². The molecule has 1 aliphatic heterocycles. The van der Waals surface area contributed by atoms with Crippen molar-refractivity contribution in [3.63, 3.8) is 0 Å². The lowest BCUT2D eigenvalue weighted by Crippen LogP contribution is -2.41. The Hall–Kier alpha value is -1.21. The SMILES string of the molecule is CC1(C)OB(c2cc(CC(F)F)cc(=O)[nH]2)OC1(C)C. The van der Waals surface area contributed by atoms with Crippen LogP contribution in [0.15, 0.2) is 16.9 Å². The molecule has 0 aliphatic carbocycles. The van der Waals surface area contributed by atoms with E-state index in [-0.39, 0.29) is 5.56 Å². The summed E-state index contributed by atoms with van der Waals surface area (Å²) in [4.78, 5) is 14.1. The highest BCUT2D eigenvalue weighted by Gasteiger charge is 2.52. The molecular weight excluding hydrogens is 267 g/mol. The van der Waals surface area contributed by atoms with Gasteiger partial charge in [0, 0.05) is 18.1 Å². The number of aromatic amines is 1. The van der Waals surface area contributed by atoms with Crippen LogP contribution >= 0.6 is 0 Å². The first-order chi connectivity index (χ1) is 9.10.